The Morgan fingerprint density at radius 1 is 1.19 bits per heavy atom. The third kappa shape index (κ3) is 4.71. The number of nitrogens with zero attached hydrogens (tertiary/aromatic N) is 1. The molecular weight excluding hydrogens is 372 g/mol. The van der Waals surface area contributed by atoms with E-state index in [4.69, 9.17) is 16.3 Å². The van der Waals surface area contributed by atoms with Crippen LogP contribution in [0.5, 0.6) is 5.75 Å². The minimum Gasteiger partial charge on any atom is -0.492 e. The van der Waals surface area contributed by atoms with Crippen molar-refractivity contribution in [3.05, 3.63) is 65.2 Å². The Morgan fingerprint density at radius 3 is 2.77 bits per heavy atom. The van der Waals surface area contributed by atoms with E-state index in [0.717, 1.165) is 0 Å². The first-order valence-electron chi connectivity index (χ1n) is 8.25. The van der Waals surface area contributed by atoms with E-state index in [1.54, 1.807) is 47.0 Å². The molecule has 3 rings (SSSR count). The topological polar surface area (TPSA) is 58.6 Å². The molecule has 1 atom stereocenters. The number of benzene rings is 2. The molecule has 7 heteroatoms. The number of halogens is 1. The molecule has 2 amide bonds. The van der Waals surface area contributed by atoms with Gasteiger partial charge in [0, 0.05) is 16.3 Å². The Labute approximate surface area is 161 Å². The summed E-state index contributed by atoms with van der Waals surface area (Å²) in [6.07, 6.45) is 0. The maximum Gasteiger partial charge on any atom is 0.255 e. The van der Waals surface area contributed by atoms with Crippen molar-refractivity contribution in [3.8, 4) is 5.75 Å². The summed E-state index contributed by atoms with van der Waals surface area (Å²) in [6.45, 7) is 0.693. The zero-order chi connectivity index (χ0) is 18.4. The second-order valence-corrected chi connectivity index (χ2v) is 7.19. The SMILES string of the molecule is O=C(NCCOc1cccc(Cl)c1)C1CSCN1C(=O)c1ccccc1. The van der Waals surface area contributed by atoms with Gasteiger partial charge < -0.3 is 15.0 Å². The molecule has 0 saturated carbocycles. The van der Waals surface area contributed by atoms with Crippen LogP contribution < -0.4 is 10.1 Å². The van der Waals surface area contributed by atoms with Crippen LogP contribution in [0.2, 0.25) is 5.02 Å². The molecule has 1 unspecified atom stereocenters. The van der Waals surface area contributed by atoms with Crippen molar-refractivity contribution >= 4 is 35.2 Å². The lowest BCUT2D eigenvalue weighted by Crippen LogP contribution is -2.48. The van der Waals surface area contributed by atoms with E-state index in [1.165, 1.54) is 0 Å². The van der Waals surface area contributed by atoms with Gasteiger partial charge in [-0.25, -0.2) is 0 Å². The Morgan fingerprint density at radius 2 is 2.00 bits per heavy atom. The van der Waals surface area contributed by atoms with Gasteiger partial charge in [0.2, 0.25) is 5.91 Å². The van der Waals surface area contributed by atoms with Crippen LogP contribution in [0.25, 0.3) is 0 Å². The van der Waals surface area contributed by atoms with E-state index in [1.807, 2.05) is 24.3 Å². The second kappa shape index (κ2) is 8.96. The van der Waals surface area contributed by atoms with Crippen molar-refractivity contribution in [1.29, 1.82) is 0 Å². The summed E-state index contributed by atoms with van der Waals surface area (Å²) in [4.78, 5) is 26.7. The van der Waals surface area contributed by atoms with Gasteiger partial charge in [-0.3, -0.25) is 9.59 Å². The fourth-order valence-corrected chi connectivity index (χ4v) is 3.96. The van der Waals surface area contributed by atoms with Crippen LogP contribution in [0, 0.1) is 0 Å². The summed E-state index contributed by atoms with van der Waals surface area (Å²) in [5.74, 6) is 1.49. The highest BCUT2D eigenvalue weighted by atomic mass is 35.5. The molecule has 0 aliphatic carbocycles. The third-order valence-corrected chi connectivity index (χ3v) is 5.18. The number of amides is 2. The lowest BCUT2D eigenvalue weighted by molar-refractivity contribution is -0.124. The first-order chi connectivity index (χ1) is 12.6. The molecule has 5 nitrogen and oxygen atoms in total. The molecule has 1 heterocycles. The molecule has 0 spiro atoms. The van der Waals surface area contributed by atoms with E-state index >= 15 is 0 Å². The van der Waals surface area contributed by atoms with Gasteiger partial charge in [0.05, 0.1) is 12.4 Å². The fraction of sp³-hybridized carbons (Fsp3) is 0.263. The molecule has 0 radical (unpaired) electrons. The Bertz CT molecular complexity index is 772. The van der Waals surface area contributed by atoms with Gasteiger partial charge in [0.25, 0.3) is 5.91 Å². The van der Waals surface area contributed by atoms with Gasteiger partial charge in [-0.05, 0) is 30.3 Å². The monoisotopic (exact) mass is 390 g/mol. The fourth-order valence-electron chi connectivity index (χ4n) is 2.62. The van der Waals surface area contributed by atoms with Gasteiger partial charge in [-0.2, -0.15) is 0 Å². The van der Waals surface area contributed by atoms with Gasteiger partial charge >= 0.3 is 0 Å². The summed E-state index contributed by atoms with van der Waals surface area (Å²) in [6, 6.07) is 15.7. The lowest BCUT2D eigenvalue weighted by atomic mass is 10.1. The minimum absolute atomic E-state index is 0.120. The number of thioether (sulfide) groups is 1. The average molecular weight is 391 g/mol. The summed E-state index contributed by atoms with van der Waals surface area (Å²) in [5.41, 5.74) is 0.595. The third-order valence-electron chi connectivity index (χ3n) is 3.93. The summed E-state index contributed by atoms with van der Waals surface area (Å²) < 4.78 is 5.56. The first-order valence-corrected chi connectivity index (χ1v) is 9.78. The van der Waals surface area contributed by atoms with Crippen molar-refractivity contribution in [3.63, 3.8) is 0 Å². The molecular formula is C19H19ClN2O3S. The van der Waals surface area contributed by atoms with Gasteiger partial charge in [-0.1, -0.05) is 35.9 Å². The van der Waals surface area contributed by atoms with Crippen LogP contribution >= 0.6 is 23.4 Å². The Hall–Kier alpha value is -2.18. The van der Waals surface area contributed by atoms with Crippen LogP contribution in [-0.4, -0.2) is 47.5 Å². The van der Waals surface area contributed by atoms with Crippen LogP contribution in [0.3, 0.4) is 0 Å². The lowest BCUT2D eigenvalue weighted by Gasteiger charge is -2.23. The van der Waals surface area contributed by atoms with Crippen LogP contribution in [0.4, 0.5) is 0 Å². The highest BCUT2D eigenvalue weighted by Gasteiger charge is 2.34. The number of nitrogens with one attached hydrogen (secondary N) is 1. The molecule has 26 heavy (non-hydrogen) atoms. The Kier molecular flexibility index (Phi) is 6.41. The number of ether oxygens (including phenoxy) is 1. The zero-order valence-electron chi connectivity index (χ0n) is 14.1. The smallest absolute Gasteiger partial charge is 0.255 e. The van der Waals surface area contributed by atoms with E-state index in [-0.39, 0.29) is 11.8 Å². The number of hydrogen-bond donors (Lipinski definition) is 1. The second-order valence-electron chi connectivity index (χ2n) is 5.75. The molecule has 1 saturated heterocycles. The molecule has 0 aromatic heterocycles. The highest BCUT2D eigenvalue weighted by molar-refractivity contribution is 7.99. The van der Waals surface area contributed by atoms with Gasteiger partial charge in [-0.15, -0.1) is 11.8 Å². The molecule has 1 fully saturated rings. The molecule has 1 aliphatic rings. The standard InChI is InChI=1S/C19H19ClN2O3S/c20-15-7-4-8-16(11-15)25-10-9-21-18(23)17-12-26-13-22(17)19(24)14-5-2-1-3-6-14/h1-8,11,17H,9-10,12-13H2,(H,21,23). The number of hydrogen-bond acceptors (Lipinski definition) is 4. The predicted octanol–water partition coefficient (Wildman–Crippen LogP) is 3.05. The number of carbonyl (C=O) groups excluding carboxylic acids is 2. The van der Waals surface area contributed by atoms with Crippen LogP contribution in [0.15, 0.2) is 54.6 Å². The highest BCUT2D eigenvalue weighted by Crippen LogP contribution is 2.23. The summed E-state index contributed by atoms with van der Waals surface area (Å²) in [5, 5.41) is 3.44. The van der Waals surface area contributed by atoms with E-state index < -0.39 is 6.04 Å². The largest absolute Gasteiger partial charge is 0.492 e. The molecule has 1 N–H and O–H groups in total. The van der Waals surface area contributed by atoms with Gasteiger partial charge in [0.1, 0.15) is 18.4 Å². The van der Waals surface area contributed by atoms with Crippen molar-refractivity contribution in [2.75, 3.05) is 24.8 Å². The van der Waals surface area contributed by atoms with Crippen LogP contribution in [-0.2, 0) is 4.79 Å². The minimum atomic E-state index is -0.459. The molecule has 136 valence electrons. The average Bonchev–Trinajstić information content (AvgIpc) is 3.15. The molecule has 2 aromatic carbocycles. The summed E-state index contributed by atoms with van der Waals surface area (Å²) in [7, 11) is 0. The predicted molar refractivity (Wildman–Crippen MR) is 104 cm³/mol. The molecule has 1 aliphatic heterocycles. The first kappa shape index (κ1) is 18.6. The maximum absolute atomic E-state index is 12.6. The van der Waals surface area contributed by atoms with E-state index in [9.17, 15) is 9.59 Å². The zero-order valence-corrected chi connectivity index (χ0v) is 15.6. The van der Waals surface area contributed by atoms with Crippen molar-refractivity contribution in [2.24, 2.45) is 0 Å². The maximum atomic E-state index is 12.6. The number of carbonyl (C=O) groups is 2. The van der Waals surface area contributed by atoms with E-state index in [0.29, 0.717) is 41.1 Å². The van der Waals surface area contributed by atoms with E-state index in [2.05, 4.69) is 5.32 Å². The van der Waals surface area contributed by atoms with Crippen molar-refractivity contribution in [2.45, 2.75) is 6.04 Å². The van der Waals surface area contributed by atoms with Crippen molar-refractivity contribution in [1.82, 2.24) is 10.2 Å². The van der Waals surface area contributed by atoms with Crippen LogP contribution in [0.1, 0.15) is 10.4 Å². The number of rotatable bonds is 6. The quantitative estimate of drug-likeness (QED) is 0.770. The van der Waals surface area contributed by atoms with Crippen molar-refractivity contribution < 1.29 is 14.3 Å². The normalized spacial score (nSPS) is 16.3. The molecule has 2 aromatic rings. The molecule has 0 bridgehead atoms. The Balaban J connectivity index is 1.50. The summed E-state index contributed by atoms with van der Waals surface area (Å²) >= 11 is 7.48. The van der Waals surface area contributed by atoms with Gasteiger partial charge in [0.15, 0.2) is 0 Å².